The van der Waals surface area contributed by atoms with Gasteiger partial charge in [-0.15, -0.1) is 0 Å². The van der Waals surface area contributed by atoms with Crippen LogP contribution in [-0.2, 0) is 29.6 Å². The minimum absolute atomic E-state index is 1.28. The van der Waals surface area contributed by atoms with Gasteiger partial charge in [0.25, 0.3) is 0 Å². The largest absolute Gasteiger partial charge is 0.158 e. The van der Waals surface area contributed by atoms with E-state index in [1.54, 1.807) is 0 Å². The molecule has 0 saturated heterocycles. The van der Waals surface area contributed by atoms with Crippen molar-refractivity contribution in [3.63, 3.8) is 0 Å². The minimum atomic E-state index is -6.60. The van der Waals surface area contributed by atoms with E-state index < -0.39 is 40.8 Å². The average Bonchev–Trinajstić information content (AvgIpc) is 2.80. The first kappa shape index (κ1) is 32.5. The molecular formula is C24H22F4O4S2Sb2. The maximum atomic E-state index is 10.1. The zero-order valence-corrected chi connectivity index (χ0v) is 25.4. The van der Waals surface area contributed by atoms with Crippen LogP contribution in [0.4, 0.5) is 11.3 Å². The van der Waals surface area contributed by atoms with E-state index in [0.29, 0.717) is 0 Å². The summed E-state index contributed by atoms with van der Waals surface area (Å²) in [4.78, 5) is 5.37. The summed E-state index contributed by atoms with van der Waals surface area (Å²) < 4.78 is 74.1. The molecule has 0 aromatic heterocycles. The minimum Gasteiger partial charge on any atom is -0.0619 e. The monoisotopic (exact) mass is 756 g/mol. The van der Waals surface area contributed by atoms with Gasteiger partial charge in [-0.05, 0) is 48.5 Å². The second-order valence-electron chi connectivity index (χ2n) is 6.39. The Labute approximate surface area is 227 Å². The second-order valence-corrected chi connectivity index (χ2v) is 13.6. The van der Waals surface area contributed by atoms with Crippen LogP contribution in [0.25, 0.3) is 0 Å². The van der Waals surface area contributed by atoms with Gasteiger partial charge in [0.15, 0.2) is 19.6 Å². The fraction of sp³-hybridized carbons (Fsp3) is 0. The van der Waals surface area contributed by atoms with E-state index in [1.807, 2.05) is 24.3 Å². The third-order valence-corrected chi connectivity index (χ3v) is 5.77. The third kappa shape index (κ3) is 21.7. The second kappa shape index (κ2) is 17.8. The molecule has 192 valence electrons. The molecule has 0 N–H and O–H groups in total. The molecule has 0 spiro atoms. The molecule has 0 radical (unpaired) electrons. The van der Waals surface area contributed by atoms with Crippen LogP contribution in [0.1, 0.15) is 0 Å². The Hall–Kier alpha value is -1.54. The summed E-state index contributed by atoms with van der Waals surface area (Å²) >= 11 is -10.6. The Kier molecular flexibility index (Phi) is 16.1. The van der Waals surface area contributed by atoms with E-state index in [-0.39, 0.29) is 0 Å². The van der Waals surface area contributed by atoms with Crippen molar-refractivity contribution in [1.29, 1.82) is 0 Å². The number of halogens is 4. The topological polar surface area (TPSA) is 80.3 Å². The molecule has 0 aliphatic rings. The zero-order chi connectivity index (χ0) is 26.9. The van der Waals surface area contributed by atoms with E-state index >= 15 is 0 Å². The van der Waals surface area contributed by atoms with Gasteiger partial charge in [-0.2, -0.15) is 0 Å². The van der Waals surface area contributed by atoms with Crippen LogP contribution < -0.4 is 6.77 Å². The number of hydrogen-bond donors (Lipinski definition) is 0. The van der Waals surface area contributed by atoms with Crippen molar-refractivity contribution >= 4 is 64.3 Å². The molecule has 0 unspecified atom stereocenters. The summed E-state index contributed by atoms with van der Waals surface area (Å²) in [5.74, 6) is 0. The van der Waals surface area contributed by atoms with Crippen LogP contribution in [0.2, 0.25) is 0 Å². The Morgan fingerprint density at radius 1 is 0.417 bits per heavy atom. The first-order valence-electron chi connectivity index (χ1n) is 9.94. The SMILES string of the molecule is [O]=[Sb]([O-])([F])[F].[O]=[Sb]([O-])([F])[F].c1ccc([SH+]c2ccccc2)cc1.c1ccc([SH+]c2ccccc2)cc1. The van der Waals surface area contributed by atoms with Gasteiger partial charge in [-0.1, -0.05) is 72.8 Å². The van der Waals surface area contributed by atoms with Crippen molar-refractivity contribution < 1.29 is 24.1 Å². The Bertz CT molecular complexity index is 1010. The molecule has 0 heterocycles. The maximum absolute atomic E-state index is 10.1. The van der Waals surface area contributed by atoms with Gasteiger partial charge in [0, 0.05) is 23.5 Å². The molecule has 0 aliphatic carbocycles. The molecule has 4 aromatic rings. The van der Waals surface area contributed by atoms with Crippen LogP contribution in [0, 0.1) is 0 Å². The first-order valence-corrected chi connectivity index (χ1v) is 19.8. The molecule has 0 aliphatic heterocycles. The van der Waals surface area contributed by atoms with Gasteiger partial charge >= 0.3 is 64.8 Å². The van der Waals surface area contributed by atoms with Gasteiger partial charge in [-0.3, -0.25) is 0 Å². The Morgan fingerprint density at radius 2 is 0.556 bits per heavy atom. The van der Waals surface area contributed by atoms with Crippen molar-refractivity contribution in [2.24, 2.45) is 0 Å². The van der Waals surface area contributed by atoms with Gasteiger partial charge in [-0.25, -0.2) is 0 Å². The summed E-state index contributed by atoms with van der Waals surface area (Å²) in [7, 11) is 0. The predicted molar refractivity (Wildman–Crippen MR) is 134 cm³/mol. The summed E-state index contributed by atoms with van der Waals surface area (Å²) in [6.45, 7) is 0. The van der Waals surface area contributed by atoms with E-state index in [4.69, 9.17) is 12.8 Å². The van der Waals surface area contributed by atoms with Crippen molar-refractivity contribution in [2.75, 3.05) is 0 Å². The average molecular weight is 758 g/mol. The predicted octanol–water partition coefficient (Wildman–Crippen LogP) is 4.14. The molecule has 4 rings (SSSR count). The molecule has 0 atom stereocenters. The van der Waals surface area contributed by atoms with Crippen molar-refractivity contribution in [3.8, 4) is 0 Å². The first-order chi connectivity index (χ1) is 16.9. The van der Waals surface area contributed by atoms with Gasteiger partial charge < -0.3 is 0 Å². The van der Waals surface area contributed by atoms with Crippen LogP contribution in [0.3, 0.4) is 0 Å². The molecule has 0 saturated carbocycles. The quantitative estimate of drug-likeness (QED) is 0.136. The summed E-state index contributed by atoms with van der Waals surface area (Å²) in [5, 5.41) is 0. The Balaban J connectivity index is 0.000000266. The van der Waals surface area contributed by atoms with Crippen LogP contribution in [-0.4, -0.2) is 40.8 Å². The molecule has 0 fully saturated rings. The number of thiol groups is 2. The van der Waals surface area contributed by atoms with Crippen molar-refractivity contribution in [3.05, 3.63) is 121 Å². The molecule has 36 heavy (non-hydrogen) atoms. The molecule has 12 heteroatoms. The summed E-state index contributed by atoms with van der Waals surface area (Å²) in [6, 6.07) is 42.0. The van der Waals surface area contributed by atoms with E-state index in [1.165, 1.54) is 43.1 Å². The van der Waals surface area contributed by atoms with Crippen LogP contribution >= 0.6 is 0 Å². The number of hydrogen-bond acceptors (Lipinski definition) is 4. The zero-order valence-electron chi connectivity index (χ0n) is 18.5. The third-order valence-electron chi connectivity index (χ3n) is 3.54. The van der Waals surface area contributed by atoms with Crippen molar-refractivity contribution in [2.45, 2.75) is 19.6 Å². The molecular weight excluding hydrogens is 736 g/mol. The number of benzene rings is 4. The summed E-state index contributed by atoms with van der Waals surface area (Å²) in [6.07, 6.45) is 0. The fourth-order valence-electron chi connectivity index (χ4n) is 2.31. The van der Waals surface area contributed by atoms with Crippen LogP contribution in [0.5, 0.6) is 0 Å². The smallest absolute Gasteiger partial charge is 0.0619 e. The van der Waals surface area contributed by atoms with Gasteiger partial charge in [0.2, 0.25) is 0 Å². The van der Waals surface area contributed by atoms with Crippen molar-refractivity contribution in [1.82, 2.24) is 0 Å². The van der Waals surface area contributed by atoms with Gasteiger partial charge in [0.1, 0.15) is 0 Å². The van der Waals surface area contributed by atoms with Crippen LogP contribution in [0.15, 0.2) is 141 Å². The van der Waals surface area contributed by atoms with E-state index in [9.17, 15) is 11.3 Å². The molecule has 4 nitrogen and oxygen atoms in total. The standard InChI is InChI=1S/2C12H10S.4FH.4O.2Sb/c2*1-3-7-11(8-4-1)13-12-9-5-2-6-10-12;;;;;;;;;;/h2*1-10H;4*1H;;;;;;/q;;;;;;;;2*-1;2*+2/p-2. The Morgan fingerprint density at radius 3 is 0.694 bits per heavy atom. The number of rotatable bonds is 4. The van der Waals surface area contributed by atoms with Gasteiger partial charge in [0.05, 0.1) is 0 Å². The van der Waals surface area contributed by atoms with E-state index in [0.717, 1.165) is 0 Å². The van der Waals surface area contributed by atoms with E-state index in [2.05, 4.69) is 97.1 Å². The fourth-order valence-corrected chi connectivity index (χ4v) is 4.19. The molecule has 0 amide bonds. The molecule has 0 bridgehead atoms. The molecule has 4 aromatic carbocycles. The maximum Gasteiger partial charge on any atom is 0.158 e. The summed E-state index contributed by atoms with van der Waals surface area (Å²) in [5.41, 5.74) is 0. The normalized spacial score (nSPS) is 10.4.